The smallest absolute Gasteiger partial charge is 0.0841 e. The molecule has 0 amide bonds. The van der Waals surface area contributed by atoms with Gasteiger partial charge in [0.1, 0.15) is 0 Å². The molecule has 18 heavy (non-hydrogen) atoms. The van der Waals surface area contributed by atoms with Crippen molar-refractivity contribution in [2.24, 2.45) is 0 Å². The molecule has 1 saturated heterocycles. The summed E-state index contributed by atoms with van der Waals surface area (Å²) in [7, 11) is 0. The van der Waals surface area contributed by atoms with E-state index in [1.165, 1.54) is 0 Å². The number of nitrogen functional groups attached to an aromatic ring is 1. The minimum Gasteiger partial charge on any atom is -0.399 e. The van der Waals surface area contributed by atoms with Crippen LogP contribution in [-0.2, 0) is 0 Å². The third kappa shape index (κ3) is 3.35. The van der Waals surface area contributed by atoms with Crippen LogP contribution in [-0.4, -0.2) is 60.5 Å². The second-order valence-corrected chi connectivity index (χ2v) is 4.72. The van der Waals surface area contributed by atoms with Gasteiger partial charge in [-0.1, -0.05) is 0 Å². The average molecular weight is 251 g/mol. The van der Waals surface area contributed by atoms with Gasteiger partial charge in [0, 0.05) is 44.1 Å². The Kier molecular flexibility index (Phi) is 4.41. The average Bonchev–Trinajstić information content (AvgIpc) is 2.52. The van der Waals surface area contributed by atoms with Crippen LogP contribution in [0.25, 0.3) is 0 Å². The van der Waals surface area contributed by atoms with Gasteiger partial charge in [-0.15, -0.1) is 0 Å². The molecule has 1 aromatic rings. The highest BCUT2D eigenvalue weighted by Gasteiger charge is 2.20. The monoisotopic (exact) mass is 251 g/mol. The topological polar surface area (TPSA) is 73.0 Å². The van der Waals surface area contributed by atoms with Gasteiger partial charge in [0.15, 0.2) is 0 Å². The lowest BCUT2D eigenvalue weighted by atomic mass is 10.2. The van der Waals surface area contributed by atoms with E-state index < -0.39 is 6.10 Å². The summed E-state index contributed by atoms with van der Waals surface area (Å²) in [6, 6.07) is 7.70. The van der Waals surface area contributed by atoms with E-state index in [1.807, 2.05) is 24.3 Å². The Morgan fingerprint density at radius 2 is 1.89 bits per heavy atom. The first-order valence-corrected chi connectivity index (χ1v) is 6.31. The van der Waals surface area contributed by atoms with Crippen molar-refractivity contribution in [1.29, 1.82) is 0 Å². The maximum Gasteiger partial charge on any atom is 0.0841 e. The number of β-amino-alcohol motifs (C(OH)–C–C–N with tert-alkyl or cyclic N) is 2. The molecular formula is C13H21N3O2. The van der Waals surface area contributed by atoms with E-state index in [1.54, 1.807) is 0 Å². The molecule has 5 heteroatoms. The summed E-state index contributed by atoms with van der Waals surface area (Å²) in [5.74, 6) is 0. The fourth-order valence-corrected chi connectivity index (χ4v) is 2.32. The molecule has 1 atom stereocenters. The highest BCUT2D eigenvalue weighted by Crippen LogP contribution is 2.18. The highest BCUT2D eigenvalue weighted by atomic mass is 16.3. The Morgan fingerprint density at radius 3 is 2.56 bits per heavy atom. The Morgan fingerprint density at radius 1 is 1.17 bits per heavy atom. The first kappa shape index (κ1) is 13.1. The molecule has 2 rings (SSSR count). The molecule has 5 nitrogen and oxygen atoms in total. The van der Waals surface area contributed by atoms with E-state index in [0.29, 0.717) is 19.6 Å². The van der Waals surface area contributed by atoms with Crippen molar-refractivity contribution < 1.29 is 10.2 Å². The van der Waals surface area contributed by atoms with E-state index in [4.69, 9.17) is 10.8 Å². The van der Waals surface area contributed by atoms with Crippen LogP contribution in [0.4, 0.5) is 11.4 Å². The summed E-state index contributed by atoms with van der Waals surface area (Å²) in [4.78, 5) is 4.24. The molecule has 0 aromatic heterocycles. The van der Waals surface area contributed by atoms with E-state index in [-0.39, 0.29) is 6.61 Å². The summed E-state index contributed by atoms with van der Waals surface area (Å²) in [6.45, 7) is 3.68. The standard InChI is InChI=1S/C13H21N3O2/c14-11-1-3-12(4-2-11)16-6-5-15(7-8-17)9-13(18)10-16/h1-4,13,17-18H,5-10,14H2. The third-order valence-corrected chi connectivity index (χ3v) is 3.26. The van der Waals surface area contributed by atoms with Gasteiger partial charge in [-0.05, 0) is 24.3 Å². The van der Waals surface area contributed by atoms with Crippen molar-refractivity contribution in [2.75, 3.05) is 50.0 Å². The molecule has 0 saturated carbocycles. The summed E-state index contributed by atoms with van der Waals surface area (Å²) in [6.07, 6.45) is -0.392. The van der Waals surface area contributed by atoms with E-state index >= 15 is 0 Å². The van der Waals surface area contributed by atoms with E-state index in [0.717, 1.165) is 24.5 Å². The first-order chi connectivity index (χ1) is 8.69. The molecule has 1 aliphatic rings. The van der Waals surface area contributed by atoms with Crippen LogP contribution in [0.3, 0.4) is 0 Å². The van der Waals surface area contributed by atoms with Gasteiger partial charge in [-0.25, -0.2) is 0 Å². The van der Waals surface area contributed by atoms with Crippen LogP contribution in [0, 0.1) is 0 Å². The van der Waals surface area contributed by atoms with Crippen molar-refractivity contribution in [3.8, 4) is 0 Å². The van der Waals surface area contributed by atoms with E-state index in [2.05, 4.69) is 9.80 Å². The van der Waals surface area contributed by atoms with Crippen LogP contribution >= 0.6 is 0 Å². The minimum absolute atomic E-state index is 0.134. The van der Waals surface area contributed by atoms with Crippen LogP contribution in [0.2, 0.25) is 0 Å². The Hall–Kier alpha value is -1.30. The zero-order chi connectivity index (χ0) is 13.0. The molecule has 0 bridgehead atoms. The number of aliphatic hydroxyl groups is 2. The van der Waals surface area contributed by atoms with Crippen molar-refractivity contribution in [3.63, 3.8) is 0 Å². The molecule has 1 aliphatic heterocycles. The maximum atomic E-state index is 9.98. The van der Waals surface area contributed by atoms with Crippen LogP contribution in [0.5, 0.6) is 0 Å². The number of hydrogen-bond donors (Lipinski definition) is 3. The summed E-state index contributed by atoms with van der Waals surface area (Å²) >= 11 is 0. The zero-order valence-corrected chi connectivity index (χ0v) is 10.5. The number of anilines is 2. The molecule has 1 unspecified atom stereocenters. The van der Waals surface area contributed by atoms with Crippen molar-refractivity contribution in [1.82, 2.24) is 4.90 Å². The molecule has 4 N–H and O–H groups in total. The van der Waals surface area contributed by atoms with Gasteiger partial charge in [0.2, 0.25) is 0 Å². The van der Waals surface area contributed by atoms with Crippen molar-refractivity contribution >= 4 is 11.4 Å². The predicted octanol–water partition coefficient (Wildman–Crippen LogP) is -0.256. The Labute approximate surface area is 107 Å². The van der Waals surface area contributed by atoms with Gasteiger partial charge in [0.25, 0.3) is 0 Å². The Balaban J connectivity index is 2.03. The molecule has 0 spiro atoms. The molecule has 100 valence electrons. The van der Waals surface area contributed by atoms with Gasteiger partial charge in [-0.2, -0.15) is 0 Å². The van der Waals surface area contributed by atoms with Gasteiger partial charge >= 0.3 is 0 Å². The van der Waals surface area contributed by atoms with Gasteiger partial charge in [0.05, 0.1) is 12.7 Å². The summed E-state index contributed by atoms with van der Waals surface area (Å²) < 4.78 is 0. The summed E-state index contributed by atoms with van der Waals surface area (Å²) in [5, 5.41) is 18.9. The third-order valence-electron chi connectivity index (χ3n) is 3.26. The number of nitrogens with two attached hydrogens (primary N) is 1. The number of hydrogen-bond acceptors (Lipinski definition) is 5. The minimum atomic E-state index is -0.392. The second-order valence-electron chi connectivity index (χ2n) is 4.72. The van der Waals surface area contributed by atoms with Gasteiger partial charge < -0.3 is 20.8 Å². The maximum absolute atomic E-state index is 9.98. The van der Waals surface area contributed by atoms with E-state index in [9.17, 15) is 5.11 Å². The molecule has 0 radical (unpaired) electrons. The molecule has 0 aliphatic carbocycles. The lowest BCUT2D eigenvalue weighted by Crippen LogP contribution is -2.34. The highest BCUT2D eigenvalue weighted by molar-refractivity contribution is 5.53. The first-order valence-electron chi connectivity index (χ1n) is 6.31. The quantitative estimate of drug-likeness (QED) is 0.646. The largest absolute Gasteiger partial charge is 0.399 e. The van der Waals surface area contributed by atoms with Crippen molar-refractivity contribution in [3.05, 3.63) is 24.3 Å². The summed E-state index contributed by atoms with van der Waals surface area (Å²) in [5.41, 5.74) is 7.50. The fourth-order valence-electron chi connectivity index (χ4n) is 2.32. The fraction of sp³-hybridized carbons (Fsp3) is 0.538. The number of aliphatic hydroxyl groups excluding tert-OH is 2. The van der Waals surface area contributed by atoms with Crippen LogP contribution in [0.15, 0.2) is 24.3 Å². The second kappa shape index (κ2) is 6.04. The molecule has 1 aromatic carbocycles. The molecule has 1 heterocycles. The Bertz CT molecular complexity index is 369. The number of benzene rings is 1. The number of nitrogens with zero attached hydrogens (tertiary/aromatic N) is 2. The number of rotatable bonds is 3. The predicted molar refractivity (Wildman–Crippen MR) is 72.6 cm³/mol. The van der Waals surface area contributed by atoms with Crippen molar-refractivity contribution in [2.45, 2.75) is 6.10 Å². The van der Waals surface area contributed by atoms with Crippen LogP contribution in [0.1, 0.15) is 0 Å². The zero-order valence-electron chi connectivity index (χ0n) is 10.5. The molecular weight excluding hydrogens is 230 g/mol. The SMILES string of the molecule is Nc1ccc(N2CCN(CCO)CC(O)C2)cc1. The lowest BCUT2D eigenvalue weighted by molar-refractivity contribution is 0.119. The lowest BCUT2D eigenvalue weighted by Gasteiger charge is -2.24. The normalized spacial score (nSPS) is 21.9. The van der Waals surface area contributed by atoms with Gasteiger partial charge in [-0.3, -0.25) is 4.90 Å². The molecule has 1 fully saturated rings. The van der Waals surface area contributed by atoms with Crippen LogP contribution < -0.4 is 10.6 Å².